The first-order valence-corrected chi connectivity index (χ1v) is 5.67. The molecule has 0 saturated heterocycles. The van der Waals surface area contributed by atoms with Crippen LogP contribution in [-0.4, -0.2) is 46.9 Å². The number of ether oxygens (including phenoxy) is 1. The van der Waals surface area contributed by atoms with E-state index in [1.165, 1.54) is 13.8 Å². The molecule has 0 radical (unpaired) electrons. The van der Waals surface area contributed by atoms with Crippen LogP contribution >= 0.6 is 24.8 Å². The third-order valence-electron chi connectivity index (χ3n) is 1.57. The van der Waals surface area contributed by atoms with Gasteiger partial charge in [-0.3, -0.25) is 9.59 Å². The number of nitrogens with zero attached hydrogens (tertiary/aromatic N) is 1. The van der Waals surface area contributed by atoms with Crippen LogP contribution in [0.25, 0.3) is 0 Å². The maximum atomic E-state index is 11.0. The summed E-state index contributed by atoms with van der Waals surface area (Å²) >= 11 is 7.96. The number of thiol groups is 1. The monoisotopic (exact) mass is 294 g/mol. The fourth-order valence-corrected chi connectivity index (χ4v) is 0.783. The molecule has 0 bridgehead atoms. The zero-order chi connectivity index (χ0) is 14.9. The van der Waals surface area contributed by atoms with Crippen LogP contribution in [0.5, 0.6) is 0 Å². The molecule has 1 amide bonds. The largest absolute Gasteiger partial charge is 0.512 e. The van der Waals surface area contributed by atoms with E-state index in [0.717, 1.165) is 0 Å². The maximum absolute atomic E-state index is 11.0. The molecule has 104 valence electrons. The number of ketones is 1. The molecule has 3 N–H and O–H groups in total. The fourth-order valence-electron chi connectivity index (χ4n) is 0.724. The van der Waals surface area contributed by atoms with Gasteiger partial charge in [0.25, 0.3) is 10.4 Å². The van der Waals surface area contributed by atoms with E-state index in [1.807, 2.05) is 0 Å². The van der Waals surface area contributed by atoms with Gasteiger partial charge in [-0.25, -0.2) is 0 Å². The Morgan fingerprint density at radius 3 is 2.00 bits per heavy atom. The number of thiocarbonyl (C=S) groups is 1. The molecule has 18 heavy (non-hydrogen) atoms. The van der Waals surface area contributed by atoms with Crippen molar-refractivity contribution in [1.82, 2.24) is 4.90 Å². The van der Waals surface area contributed by atoms with Gasteiger partial charge in [0, 0.05) is 14.1 Å². The summed E-state index contributed by atoms with van der Waals surface area (Å²) in [6.45, 7) is 2.82. The third kappa shape index (κ3) is 11.2. The number of aliphatic hydroxyl groups excluding tert-OH is 1. The molecule has 0 atom stereocenters. The zero-order valence-electron chi connectivity index (χ0n) is 10.8. The van der Waals surface area contributed by atoms with Gasteiger partial charge in [-0.05, 0) is 26.1 Å². The number of carbonyl (C=O) groups excluding carboxylic acids is 2. The molecule has 0 aromatic carbocycles. The summed E-state index contributed by atoms with van der Waals surface area (Å²) in [5.74, 6) is -0.245. The molecule has 0 aromatic rings. The quantitative estimate of drug-likeness (QED) is 0.314. The lowest BCUT2D eigenvalue weighted by Crippen LogP contribution is -2.24. The van der Waals surface area contributed by atoms with E-state index in [2.05, 4.69) is 18.4 Å². The Morgan fingerprint density at radius 1 is 1.39 bits per heavy atom. The summed E-state index contributed by atoms with van der Waals surface area (Å²) in [4.78, 5) is 21.7. The molecule has 0 unspecified atom stereocenters. The van der Waals surface area contributed by atoms with E-state index in [1.54, 1.807) is 19.0 Å². The highest BCUT2D eigenvalue weighted by atomic mass is 32.1. The number of rotatable bonds is 3. The smallest absolute Gasteiger partial charge is 0.273 e. The van der Waals surface area contributed by atoms with E-state index in [0.29, 0.717) is 0 Å². The number of amides is 1. The van der Waals surface area contributed by atoms with E-state index < -0.39 is 5.24 Å². The average Bonchev–Trinajstić information content (AvgIpc) is 2.15. The SMILES string of the molecule is CC(=O)C(COC(=S)N(C)C)=C(C)O.NC(=O)S. The molecular formula is C10H18N2O4S2. The second kappa shape index (κ2) is 9.72. The lowest BCUT2D eigenvalue weighted by Gasteiger charge is -2.15. The summed E-state index contributed by atoms with van der Waals surface area (Å²) in [5.41, 5.74) is 4.58. The highest BCUT2D eigenvalue weighted by Crippen LogP contribution is 2.04. The predicted octanol–water partition coefficient (Wildman–Crippen LogP) is 1.27. The Hall–Kier alpha value is -1.28. The van der Waals surface area contributed by atoms with Crippen molar-refractivity contribution in [2.24, 2.45) is 5.73 Å². The van der Waals surface area contributed by atoms with Gasteiger partial charge < -0.3 is 20.5 Å². The standard InChI is InChI=1S/C9H15NO3S.CH3NOS/c1-6(11)8(7(2)12)5-13-9(14)10(3)4;2-1(3)4/h11H,5H2,1-4H3;(H3,2,3,4). The van der Waals surface area contributed by atoms with Gasteiger partial charge in [-0.15, -0.1) is 0 Å². The van der Waals surface area contributed by atoms with E-state index >= 15 is 0 Å². The van der Waals surface area contributed by atoms with Crippen molar-refractivity contribution in [3.05, 3.63) is 11.3 Å². The molecule has 0 fully saturated rings. The topological polar surface area (TPSA) is 92.9 Å². The molecule has 0 aliphatic rings. The summed E-state index contributed by atoms with van der Waals surface area (Å²) in [6.07, 6.45) is 0. The Balaban J connectivity index is 0. The summed E-state index contributed by atoms with van der Waals surface area (Å²) < 4.78 is 5.11. The van der Waals surface area contributed by atoms with Crippen molar-refractivity contribution >= 4 is 41.0 Å². The molecule has 0 rings (SSSR count). The van der Waals surface area contributed by atoms with E-state index in [-0.39, 0.29) is 28.9 Å². The number of aliphatic hydroxyl groups is 1. The number of nitrogens with two attached hydrogens (primary N) is 1. The Morgan fingerprint density at radius 2 is 1.78 bits per heavy atom. The summed E-state index contributed by atoms with van der Waals surface area (Å²) in [6, 6.07) is 0. The lowest BCUT2D eigenvalue weighted by atomic mass is 10.2. The highest BCUT2D eigenvalue weighted by molar-refractivity contribution is 7.96. The first kappa shape index (κ1) is 19.1. The minimum absolute atomic E-state index is 0.00861. The van der Waals surface area contributed by atoms with Gasteiger partial charge >= 0.3 is 0 Å². The molecular weight excluding hydrogens is 276 g/mol. The van der Waals surface area contributed by atoms with Gasteiger partial charge in [-0.1, -0.05) is 12.6 Å². The average molecular weight is 294 g/mol. The first-order chi connectivity index (χ1) is 8.09. The maximum Gasteiger partial charge on any atom is 0.273 e. The van der Waals surface area contributed by atoms with E-state index in [4.69, 9.17) is 26.9 Å². The Labute approximate surface area is 117 Å². The second-order valence-corrected chi connectivity index (χ2v) is 4.20. The van der Waals surface area contributed by atoms with Gasteiger partial charge in [0.15, 0.2) is 5.78 Å². The Bertz CT molecular complexity index is 346. The van der Waals surface area contributed by atoms with Gasteiger partial charge in [0.2, 0.25) is 0 Å². The number of Topliss-reactive ketones (excluding diaryl/α,β-unsaturated/α-hetero) is 1. The molecule has 0 aliphatic carbocycles. The lowest BCUT2D eigenvalue weighted by molar-refractivity contribution is -0.114. The van der Waals surface area contributed by atoms with Crippen molar-refractivity contribution in [1.29, 1.82) is 0 Å². The number of carbonyl (C=O) groups is 2. The van der Waals surface area contributed by atoms with Crippen molar-refractivity contribution in [2.45, 2.75) is 13.8 Å². The minimum Gasteiger partial charge on any atom is -0.512 e. The molecule has 0 saturated carbocycles. The molecule has 6 nitrogen and oxygen atoms in total. The number of hydrogen-bond acceptors (Lipinski definition) is 5. The number of primary amides is 1. The molecule has 8 heteroatoms. The van der Waals surface area contributed by atoms with Crippen molar-refractivity contribution in [2.75, 3.05) is 20.7 Å². The third-order valence-corrected chi connectivity index (χ3v) is 2.05. The minimum atomic E-state index is -0.639. The second-order valence-electron chi connectivity index (χ2n) is 3.41. The zero-order valence-corrected chi connectivity index (χ0v) is 12.5. The molecule has 0 aliphatic heterocycles. The summed E-state index contributed by atoms with van der Waals surface area (Å²) in [7, 11) is 3.48. The Kier molecular flexibility index (Phi) is 10.3. The number of allylic oxidation sites excluding steroid dienone is 1. The predicted molar refractivity (Wildman–Crippen MR) is 76.8 cm³/mol. The van der Waals surface area contributed by atoms with Crippen LogP contribution in [0.2, 0.25) is 0 Å². The van der Waals surface area contributed by atoms with E-state index in [9.17, 15) is 4.79 Å². The van der Waals surface area contributed by atoms with Gasteiger partial charge in [0.1, 0.15) is 6.61 Å². The van der Waals surface area contributed by atoms with Gasteiger partial charge in [0.05, 0.1) is 11.3 Å². The van der Waals surface area contributed by atoms with Crippen molar-refractivity contribution in [3.63, 3.8) is 0 Å². The molecule has 0 heterocycles. The summed E-state index contributed by atoms with van der Waals surface area (Å²) in [5, 5.41) is 8.80. The van der Waals surface area contributed by atoms with Crippen LogP contribution in [0.1, 0.15) is 13.8 Å². The van der Waals surface area contributed by atoms with Crippen LogP contribution in [0.15, 0.2) is 11.3 Å². The fraction of sp³-hybridized carbons (Fsp3) is 0.500. The van der Waals surface area contributed by atoms with Crippen LogP contribution in [-0.2, 0) is 9.53 Å². The van der Waals surface area contributed by atoms with Crippen LogP contribution in [0.4, 0.5) is 4.79 Å². The van der Waals surface area contributed by atoms with Gasteiger partial charge in [-0.2, -0.15) is 0 Å². The molecule has 0 aromatic heterocycles. The molecule has 0 spiro atoms. The van der Waals surface area contributed by atoms with Crippen LogP contribution in [0, 0.1) is 0 Å². The van der Waals surface area contributed by atoms with Crippen molar-refractivity contribution < 1.29 is 19.4 Å². The van der Waals surface area contributed by atoms with Crippen LogP contribution < -0.4 is 5.73 Å². The number of hydrogen-bond donors (Lipinski definition) is 3. The van der Waals surface area contributed by atoms with Crippen molar-refractivity contribution in [3.8, 4) is 0 Å². The van der Waals surface area contributed by atoms with Crippen LogP contribution in [0.3, 0.4) is 0 Å². The normalized spacial score (nSPS) is 10.5. The highest BCUT2D eigenvalue weighted by Gasteiger charge is 2.10. The first-order valence-electron chi connectivity index (χ1n) is 4.81.